The van der Waals surface area contributed by atoms with Crippen molar-refractivity contribution in [2.24, 2.45) is 0 Å². The standard InChI is InChI=1S/C58H62N4Si2.Mg/c1-39(2)63(40(3)4,41(5)6)37-35-49-55-31-27-51(59-55)47(25-23-45-19-15-13-16-20-45)53-29-33-57(61-53)50(36-38-64(42(7)8,43(9)10)44(11)12)58-34-30-54(62-58)48(52-28-32-56(49)60-52)26-24-46-21-17-14-18-22-46;/h13-22,27-34,39-44,51,58H,1-12H3;/q-4;+2. The van der Waals surface area contributed by atoms with Gasteiger partial charge in [0.05, 0.1) is 0 Å². The van der Waals surface area contributed by atoms with E-state index in [0.29, 0.717) is 33.2 Å². The van der Waals surface area contributed by atoms with Gasteiger partial charge in [0.25, 0.3) is 0 Å². The summed E-state index contributed by atoms with van der Waals surface area (Å²) in [5, 5.41) is 12.5. The molecule has 0 N–H and O–H groups in total. The van der Waals surface area contributed by atoms with Crippen LogP contribution >= 0.6 is 0 Å². The summed E-state index contributed by atoms with van der Waals surface area (Å²) in [6.07, 6.45) is 8.48. The normalized spacial score (nSPS) is 16.8. The molecule has 7 heteroatoms. The molecule has 0 radical (unpaired) electrons. The summed E-state index contributed by atoms with van der Waals surface area (Å²) in [4.78, 5) is 10.8. The van der Waals surface area contributed by atoms with Crippen LogP contribution in [0.15, 0.2) is 121 Å². The number of benzene rings is 2. The zero-order valence-electron chi connectivity index (χ0n) is 40.5. The number of aromatic nitrogens is 2. The minimum atomic E-state index is -2.13. The minimum Gasteiger partial charge on any atom is -0.673 e. The SMILES string of the molecule is CC(C)[Si](C#CC1=C2C=CC([N-]2)C(C#Cc2ccccc2)=c2ccc([n-]2)=C(C#C[Si](C(C)C)(C(C)C)C(C)C)C2C=CC(=C(C#Cc3ccccc3)c3ccc1[n-]3)[N-]2)(C(C)C)C(C)C.[Mg+2]. The minimum absolute atomic E-state index is 0. The van der Waals surface area contributed by atoms with Gasteiger partial charge >= 0.3 is 23.1 Å². The van der Waals surface area contributed by atoms with E-state index in [9.17, 15) is 0 Å². The van der Waals surface area contributed by atoms with Gasteiger partial charge in [0.1, 0.15) is 16.1 Å². The molecular weight excluding hydrogens is 833 g/mol. The molecule has 0 saturated heterocycles. The zero-order chi connectivity index (χ0) is 45.8. The third kappa shape index (κ3) is 10.1. The van der Waals surface area contributed by atoms with Gasteiger partial charge in [-0.05, 0) is 79.8 Å². The maximum Gasteiger partial charge on any atom is 2.00 e. The smallest absolute Gasteiger partial charge is 0.673 e. The first-order valence-electron chi connectivity index (χ1n) is 23.1. The molecule has 0 aliphatic carbocycles. The number of allylic oxidation sites excluding steroid dienone is 4. The van der Waals surface area contributed by atoms with Crippen LogP contribution in [-0.4, -0.2) is 51.3 Å². The van der Waals surface area contributed by atoms with Gasteiger partial charge in [-0.1, -0.05) is 216 Å². The molecule has 0 saturated carbocycles. The Bertz CT molecular complexity index is 2850. The Morgan fingerprint density at radius 1 is 0.415 bits per heavy atom. The van der Waals surface area contributed by atoms with Crippen LogP contribution in [0.25, 0.3) is 32.9 Å². The fourth-order valence-corrected chi connectivity index (χ4v) is 20.8. The first-order chi connectivity index (χ1) is 30.6. The average Bonchev–Trinajstić information content (AvgIpc) is 4.11. The van der Waals surface area contributed by atoms with E-state index in [2.05, 4.69) is 178 Å². The molecular formula is C58H62MgN4Si2-2. The van der Waals surface area contributed by atoms with Gasteiger partial charge < -0.3 is 20.6 Å². The molecule has 326 valence electrons. The summed E-state index contributed by atoms with van der Waals surface area (Å²) >= 11 is 0. The predicted octanol–water partition coefficient (Wildman–Crippen LogP) is 11.8. The first-order valence-corrected chi connectivity index (χ1v) is 27.6. The van der Waals surface area contributed by atoms with E-state index in [1.54, 1.807) is 0 Å². The summed E-state index contributed by atoms with van der Waals surface area (Å²) in [5.74, 6) is 21.6. The number of nitrogens with zero attached hydrogens (tertiary/aromatic N) is 4. The molecule has 3 aliphatic heterocycles. The molecule has 8 bridgehead atoms. The summed E-state index contributed by atoms with van der Waals surface area (Å²) in [5.41, 5.74) is 19.1. The van der Waals surface area contributed by atoms with Gasteiger partial charge in [-0.3, -0.25) is 0 Å². The number of hydrogen-bond acceptors (Lipinski definition) is 0. The molecule has 0 spiro atoms. The monoisotopic (exact) mass is 894 g/mol. The fraction of sp³-hybridized carbons (Fsp3) is 0.345. The van der Waals surface area contributed by atoms with Crippen LogP contribution in [0.3, 0.4) is 0 Å². The second kappa shape index (κ2) is 20.9. The zero-order valence-corrected chi connectivity index (χ0v) is 43.9. The summed E-state index contributed by atoms with van der Waals surface area (Å²) in [6.45, 7) is 28.2. The van der Waals surface area contributed by atoms with Crippen LogP contribution in [-0.2, 0) is 0 Å². The van der Waals surface area contributed by atoms with E-state index >= 15 is 0 Å². The van der Waals surface area contributed by atoms with Gasteiger partial charge in [-0.2, -0.15) is 0 Å². The van der Waals surface area contributed by atoms with Crippen molar-refractivity contribution in [2.75, 3.05) is 0 Å². The second-order valence-corrected chi connectivity index (χ2v) is 30.3. The van der Waals surface area contributed by atoms with Crippen LogP contribution < -0.4 is 20.7 Å². The largest absolute Gasteiger partial charge is 2.00 e. The number of rotatable bonds is 6. The maximum atomic E-state index is 5.44. The molecule has 7 rings (SSSR count). The van der Waals surface area contributed by atoms with Crippen molar-refractivity contribution < 1.29 is 0 Å². The molecule has 5 heterocycles. The fourth-order valence-electron chi connectivity index (χ4n) is 10.4. The maximum absolute atomic E-state index is 5.44. The number of hydrogen-bond donors (Lipinski definition) is 0. The van der Waals surface area contributed by atoms with Crippen molar-refractivity contribution >= 4 is 61.5 Å². The molecule has 4 nitrogen and oxygen atoms in total. The Kier molecular flexibility index (Phi) is 15.8. The van der Waals surface area contributed by atoms with E-state index in [1.807, 2.05) is 60.7 Å². The summed E-state index contributed by atoms with van der Waals surface area (Å²) in [6, 6.07) is 27.8. The van der Waals surface area contributed by atoms with Crippen LogP contribution in [0.2, 0.25) is 33.2 Å². The molecule has 0 amide bonds. The van der Waals surface area contributed by atoms with E-state index < -0.39 is 16.1 Å². The third-order valence-electron chi connectivity index (χ3n) is 13.6. The van der Waals surface area contributed by atoms with Gasteiger partial charge in [0, 0.05) is 11.1 Å². The molecule has 65 heavy (non-hydrogen) atoms. The van der Waals surface area contributed by atoms with Crippen molar-refractivity contribution in [1.82, 2.24) is 9.97 Å². The van der Waals surface area contributed by atoms with Crippen molar-refractivity contribution in [3.05, 3.63) is 164 Å². The predicted molar refractivity (Wildman–Crippen MR) is 282 cm³/mol. The molecule has 4 aromatic rings. The van der Waals surface area contributed by atoms with Crippen molar-refractivity contribution in [2.45, 2.75) is 128 Å². The molecule has 0 fully saturated rings. The topological polar surface area (TPSA) is 56.4 Å². The second-order valence-electron chi connectivity index (χ2n) is 19.2. The van der Waals surface area contributed by atoms with Gasteiger partial charge in [-0.25, -0.2) is 0 Å². The number of fused-ring (bicyclic) bond motifs is 8. The molecule has 2 aromatic carbocycles. The van der Waals surface area contributed by atoms with Crippen molar-refractivity contribution in [1.29, 1.82) is 0 Å². The van der Waals surface area contributed by atoms with Gasteiger partial charge in [0.2, 0.25) is 0 Å². The third-order valence-corrected chi connectivity index (χ3v) is 26.2. The van der Waals surface area contributed by atoms with Crippen LogP contribution in [0.5, 0.6) is 0 Å². The molecule has 2 aromatic heterocycles. The first kappa shape index (κ1) is 49.2. The van der Waals surface area contributed by atoms with Crippen LogP contribution in [0.4, 0.5) is 0 Å². The Morgan fingerprint density at radius 2 is 0.800 bits per heavy atom. The van der Waals surface area contributed by atoms with Crippen molar-refractivity contribution in [3.8, 4) is 46.6 Å². The molecule has 2 unspecified atom stereocenters. The van der Waals surface area contributed by atoms with E-state index in [1.165, 1.54) is 0 Å². The van der Waals surface area contributed by atoms with Gasteiger partial charge in [-0.15, -0.1) is 44.6 Å². The van der Waals surface area contributed by atoms with Gasteiger partial charge in [0.15, 0.2) is 0 Å². The molecule has 2 atom stereocenters. The average molecular weight is 896 g/mol. The van der Waals surface area contributed by atoms with Crippen LogP contribution in [0.1, 0.15) is 106 Å². The summed E-state index contributed by atoms with van der Waals surface area (Å²) in [7, 11) is -4.26. The Labute approximate surface area is 408 Å². The van der Waals surface area contributed by atoms with Crippen molar-refractivity contribution in [3.63, 3.8) is 0 Å². The van der Waals surface area contributed by atoms with E-state index in [4.69, 9.17) is 20.6 Å². The Morgan fingerprint density at radius 3 is 1.23 bits per heavy atom. The Balaban J connectivity index is 0.00000700. The van der Waals surface area contributed by atoms with E-state index in [0.717, 1.165) is 66.9 Å². The Hall–Kier alpha value is -5.26. The quantitative estimate of drug-likeness (QED) is 0.143. The molecule has 3 aliphatic rings. The van der Waals surface area contributed by atoms with E-state index in [-0.39, 0.29) is 35.1 Å². The summed E-state index contributed by atoms with van der Waals surface area (Å²) < 4.78 is 0. The van der Waals surface area contributed by atoms with Crippen LogP contribution in [0, 0.1) is 46.6 Å².